The van der Waals surface area contributed by atoms with Crippen LogP contribution in [-0.4, -0.2) is 37.3 Å². The number of pyridine rings is 1. The molecule has 0 atom stereocenters. The Hall–Kier alpha value is -2.32. The minimum atomic E-state index is -5.04. The first-order valence-corrected chi connectivity index (χ1v) is 4.80. The van der Waals surface area contributed by atoms with E-state index in [1.165, 1.54) is 7.11 Å². The summed E-state index contributed by atoms with van der Waals surface area (Å²) < 4.78 is 45.3. The highest BCUT2D eigenvalue weighted by atomic mass is 19.4. The van der Waals surface area contributed by atoms with Crippen molar-refractivity contribution in [3.05, 3.63) is 17.8 Å². The molecule has 1 heterocycles. The van der Waals surface area contributed by atoms with Gasteiger partial charge in [-0.25, -0.2) is 9.78 Å². The second kappa shape index (κ2) is 5.55. The van der Waals surface area contributed by atoms with Gasteiger partial charge < -0.3 is 14.8 Å². The molecule has 0 fully saturated rings. The number of halogens is 3. The number of nitrogens with zero attached hydrogens (tertiary/aromatic N) is 1. The summed E-state index contributed by atoms with van der Waals surface area (Å²) in [5.41, 5.74) is -0.506. The van der Waals surface area contributed by atoms with Crippen molar-refractivity contribution in [3.8, 4) is 5.88 Å². The van der Waals surface area contributed by atoms with Crippen LogP contribution < -0.4 is 10.1 Å². The zero-order chi connectivity index (χ0) is 14.6. The van der Waals surface area contributed by atoms with E-state index in [0.717, 1.165) is 19.4 Å². The summed E-state index contributed by atoms with van der Waals surface area (Å²) in [6.45, 7) is 0. The topological polar surface area (TPSA) is 77.5 Å². The number of rotatable bonds is 3. The van der Waals surface area contributed by atoms with Crippen LogP contribution >= 0.6 is 0 Å². The van der Waals surface area contributed by atoms with Crippen molar-refractivity contribution in [1.29, 1.82) is 0 Å². The molecule has 104 valence electrons. The first kappa shape index (κ1) is 14.7. The number of nitrogens with one attached hydrogen (secondary N) is 1. The highest BCUT2D eigenvalue weighted by Gasteiger charge is 2.38. The Balaban J connectivity index is 3.05. The molecule has 0 aromatic carbocycles. The summed E-state index contributed by atoms with van der Waals surface area (Å²) in [6, 6.07) is 0.974. The Morgan fingerprint density at radius 2 is 1.95 bits per heavy atom. The lowest BCUT2D eigenvalue weighted by Gasteiger charge is -2.10. The van der Waals surface area contributed by atoms with Crippen LogP contribution in [0.2, 0.25) is 0 Å². The zero-order valence-electron chi connectivity index (χ0n) is 9.87. The fourth-order valence-electron chi connectivity index (χ4n) is 1.14. The van der Waals surface area contributed by atoms with Crippen molar-refractivity contribution < 1.29 is 32.2 Å². The van der Waals surface area contributed by atoms with E-state index in [1.54, 1.807) is 5.32 Å². The molecule has 9 heteroatoms. The Morgan fingerprint density at radius 3 is 2.42 bits per heavy atom. The maximum atomic E-state index is 12.1. The standard InChI is InChI=1S/C10H9F3N2O4/c1-18-7-6(8(16)19-2)3-5(4-14-7)15-9(17)10(11,12)13/h3-4H,1-2H3,(H,15,17). The lowest BCUT2D eigenvalue weighted by Crippen LogP contribution is -2.30. The van der Waals surface area contributed by atoms with Crippen LogP contribution in [0.3, 0.4) is 0 Å². The molecule has 0 unspecified atom stereocenters. The number of esters is 1. The lowest BCUT2D eigenvalue weighted by atomic mass is 10.2. The molecular weight excluding hydrogens is 269 g/mol. The first-order valence-electron chi connectivity index (χ1n) is 4.80. The molecule has 1 aromatic rings. The fourth-order valence-corrected chi connectivity index (χ4v) is 1.14. The number of ether oxygens (including phenoxy) is 2. The quantitative estimate of drug-likeness (QED) is 0.845. The molecule has 1 aromatic heterocycles. The number of methoxy groups -OCH3 is 2. The Labute approximate surface area is 105 Å². The van der Waals surface area contributed by atoms with Gasteiger partial charge in [0.15, 0.2) is 0 Å². The highest BCUT2D eigenvalue weighted by Crippen LogP contribution is 2.22. The maximum Gasteiger partial charge on any atom is 0.471 e. The maximum absolute atomic E-state index is 12.1. The van der Waals surface area contributed by atoms with E-state index in [0.29, 0.717) is 0 Å². The molecule has 0 aliphatic rings. The van der Waals surface area contributed by atoms with Crippen molar-refractivity contribution in [2.24, 2.45) is 0 Å². The molecule has 0 radical (unpaired) electrons. The summed E-state index contributed by atoms with van der Waals surface area (Å²) in [6.07, 6.45) is -4.11. The Kier molecular flexibility index (Phi) is 4.30. The summed E-state index contributed by atoms with van der Waals surface area (Å²) in [5.74, 6) is -3.15. The average molecular weight is 278 g/mol. The third-order valence-corrected chi connectivity index (χ3v) is 1.97. The molecule has 0 spiro atoms. The number of hydrogen-bond acceptors (Lipinski definition) is 5. The number of aromatic nitrogens is 1. The van der Waals surface area contributed by atoms with E-state index < -0.39 is 18.1 Å². The van der Waals surface area contributed by atoms with Crippen LogP contribution in [-0.2, 0) is 9.53 Å². The van der Waals surface area contributed by atoms with Gasteiger partial charge in [-0.2, -0.15) is 13.2 Å². The predicted molar refractivity (Wildman–Crippen MR) is 56.8 cm³/mol. The van der Waals surface area contributed by atoms with Gasteiger partial charge in [-0.05, 0) is 6.07 Å². The average Bonchev–Trinajstić information content (AvgIpc) is 2.36. The molecule has 0 aliphatic heterocycles. The van der Waals surface area contributed by atoms with Crippen molar-refractivity contribution in [2.45, 2.75) is 6.18 Å². The number of alkyl halides is 3. The molecule has 6 nitrogen and oxygen atoms in total. The summed E-state index contributed by atoms with van der Waals surface area (Å²) in [7, 11) is 2.31. The van der Waals surface area contributed by atoms with Crippen LogP contribution in [0.5, 0.6) is 5.88 Å². The molecule has 0 saturated carbocycles. The van der Waals surface area contributed by atoms with Gasteiger partial charge in [-0.1, -0.05) is 0 Å². The largest absolute Gasteiger partial charge is 0.480 e. The monoisotopic (exact) mass is 278 g/mol. The smallest absolute Gasteiger partial charge is 0.471 e. The van der Waals surface area contributed by atoms with Crippen LogP contribution in [0.15, 0.2) is 12.3 Å². The minimum Gasteiger partial charge on any atom is -0.480 e. The number of carbonyl (C=O) groups is 2. The molecule has 0 saturated heterocycles. The fraction of sp³-hybridized carbons (Fsp3) is 0.300. The molecule has 1 amide bonds. The van der Waals surface area contributed by atoms with Gasteiger partial charge in [0.25, 0.3) is 0 Å². The number of anilines is 1. The number of amides is 1. The van der Waals surface area contributed by atoms with E-state index in [9.17, 15) is 22.8 Å². The van der Waals surface area contributed by atoms with Crippen molar-refractivity contribution in [2.75, 3.05) is 19.5 Å². The third-order valence-electron chi connectivity index (χ3n) is 1.97. The predicted octanol–water partition coefficient (Wildman–Crippen LogP) is 1.38. The van der Waals surface area contributed by atoms with Gasteiger partial charge in [0.1, 0.15) is 5.56 Å². The van der Waals surface area contributed by atoms with Gasteiger partial charge in [0, 0.05) is 0 Å². The van der Waals surface area contributed by atoms with Gasteiger partial charge in [-0.3, -0.25) is 4.79 Å². The minimum absolute atomic E-state index is 0.128. The molecule has 1 N–H and O–H groups in total. The Morgan fingerprint density at radius 1 is 1.32 bits per heavy atom. The number of carbonyl (C=O) groups excluding carboxylic acids is 2. The summed E-state index contributed by atoms with van der Waals surface area (Å²) in [5, 5.41) is 1.56. The van der Waals surface area contributed by atoms with E-state index in [-0.39, 0.29) is 17.1 Å². The van der Waals surface area contributed by atoms with Crippen molar-refractivity contribution in [3.63, 3.8) is 0 Å². The van der Waals surface area contributed by atoms with Crippen LogP contribution in [0.4, 0.5) is 18.9 Å². The van der Waals surface area contributed by atoms with Gasteiger partial charge >= 0.3 is 18.1 Å². The van der Waals surface area contributed by atoms with Crippen LogP contribution in [0.1, 0.15) is 10.4 Å². The zero-order valence-corrected chi connectivity index (χ0v) is 9.87. The van der Waals surface area contributed by atoms with Gasteiger partial charge in [0.05, 0.1) is 26.1 Å². The summed E-state index contributed by atoms with van der Waals surface area (Å²) in [4.78, 5) is 25.7. The highest BCUT2D eigenvalue weighted by molar-refractivity contribution is 5.97. The molecule has 19 heavy (non-hydrogen) atoms. The normalized spacial score (nSPS) is 10.8. The van der Waals surface area contributed by atoms with E-state index >= 15 is 0 Å². The lowest BCUT2D eigenvalue weighted by molar-refractivity contribution is -0.167. The van der Waals surface area contributed by atoms with E-state index in [1.807, 2.05) is 0 Å². The van der Waals surface area contributed by atoms with E-state index in [2.05, 4.69) is 9.72 Å². The van der Waals surface area contributed by atoms with Crippen LogP contribution in [0.25, 0.3) is 0 Å². The van der Waals surface area contributed by atoms with Crippen LogP contribution in [0, 0.1) is 0 Å². The third kappa shape index (κ3) is 3.57. The first-order chi connectivity index (χ1) is 8.79. The van der Waals surface area contributed by atoms with Crippen molar-refractivity contribution in [1.82, 2.24) is 4.98 Å². The van der Waals surface area contributed by atoms with Gasteiger partial charge in [-0.15, -0.1) is 0 Å². The van der Waals surface area contributed by atoms with Gasteiger partial charge in [0.2, 0.25) is 5.88 Å². The number of hydrogen-bond donors (Lipinski definition) is 1. The molecule has 1 rings (SSSR count). The molecule has 0 bridgehead atoms. The second-order valence-corrected chi connectivity index (χ2v) is 3.22. The SMILES string of the molecule is COC(=O)c1cc(NC(=O)C(F)(F)F)cnc1OC. The summed E-state index contributed by atoms with van der Waals surface area (Å²) >= 11 is 0. The second-order valence-electron chi connectivity index (χ2n) is 3.22. The molecule has 0 aliphatic carbocycles. The molecular formula is C10H9F3N2O4. The van der Waals surface area contributed by atoms with E-state index in [4.69, 9.17) is 4.74 Å². The Bertz CT molecular complexity index is 502. The van der Waals surface area contributed by atoms with Crippen molar-refractivity contribution >= 4 is 17.6 Å².